The van der Waals surface area contributed by atoms with Gasteiger partial charge in [-0.3, -0.25) is 0 Å². The van der Waals surface area contributed by atoms with Crippen LogP contribution < -0.4 is 0 Å². The molecule has 8 heavy (non-hydrogen) atoms. The molecule has 2 heteroatoms. The van der Waals surface area contributed by atoms with Gasteiger partial charge in [-0.25, -0.2) is 0 Å². The van der Waals surface area contributed by atoms with Gasteiger partial charge in [-0.15, -0.1) is 0 Å². The van der Waals surface area contributed by atoms with Crippen LogP contribution in [0.1, 0.15) is 19.8 Å². The summed E-state index contributed by atoms with van der Waals surface area (Å²) in [7, 11) is 5.45. The zero-order valence-electron chi connectivity index (χ0n) is 5.02. The molecule has 2 radical (unpaired) electrons. The first-order valence-corrected chi connectivity index (χ1v) is 2.85. The number of allylic oxidation sites excluding steroid dienone is 1. The summed E-state index contributed by atoms with van der Waals surface area (Å²) in [6.07, 6.45) is 1.43. The van der Waals surface area contributed by atoms with Crippen molar-refractivity contribution in [3.8, 4) is 0 Å². The second-order valence-corrected chi connectivity index (χ2v) is 2.29. The van der Waals surface area contributed by atoms with E-state index in [0.717, 1.165) is 18.4 Å². The van der Waals surface area contributed by atoms with Crippen LogP contribution in [-0.2, 0) is 0 Å². The topological polar surface area (TPSA) is 20.2 Å². The van der Waals surface area contributed by atoms with Crippen molar-refractivity contribution >= 4 is 7.85 Å². The molecule has 1 atom stereocenters. The molecule has 1 aliphatic carbocycles. The van der Waals surface area contributed by atoms with Crippen LogP contribution in [0.25, 0.3) is 0 Å². The van der Waals surface area contributed by atoms with E-state index in [1.54, 1.807) is 0 Å². The Morgan fingerprint density at radius 2 is 2.38 bits per heavy atom. The van der Waals surface area contributed by atoms with Crippen molar-refractivity contribution in [3.05, 3.63) is 11.0 Å². The maximum absolute atomic E-state index is 8.99. The van der Waals surface area contributed by atoms with E-state index in [4.69, 9.17) is 13.0 Å². The van der Waals surface area contributed by atoms with Gasteiger partial charge in [0.05, 0.1) is 6.10 Å². The smallest absolute Gasteiger partial charge is 0.111 e. The molecule has 0 aromatic carbocycles. The summed E-state index contributed by atoms with van der Waals surface area (Å²) in [6.45, 7) is 1.96. The molecule has 0 aromatic heterocycles. The third-order valence-corrected chi connectivity index (χ3v) is 1.64. The minimum absolute atomic E-state index is 0.352. The van der Waals surface area contributed by atoms with Crippen LogP contribution in [0.15, 0.2) is 11.0 Å². The highest BCUT2D eigenvalue weighted by Gasteiger charge is 2.14. The number of hydrogen-bond acceptors (Lipinski definition) is 1. The molecule has 1 nitrogen and oxygen atoms in total. The van der Waals surface area contributed by atoms with Crippen LogP contribution in [0.2, 0.25) is 0 Å². The van der Waals surface area contributed by atoms with Gasteiger partial charge in [-0.2, -0.15) is 0 Å². The molecule has 0 heterocycles. The van der Waals surface area contributed by atoms with Gasteiger partial charge < -0.3 is 5.11 Å². The predicted molar refractivity (Wildman–Crippen MR) is 33.7 cm³/mol. The van der Waals surface area contributed by atoms with E-state index < -0.39 is 0 Å². The Balaban J connectivity index is 2.71. The number of rotatable bonds is 0. The third-order valence-electron chi connectivity index (χ3n) is 1.64. The van der Waals surface area contributed by atoms with E-state index in [1.807, 2.05) is 6.92 Å². The van der Waals surface area contributed by atoms with Crippen molar-refractivity contribution in [3.63, 3.8) is 0 Å². The van der Waals surface area contributed by atoms with Gasteiger partial charge in [-0.1, -0.05) is 11.0 Å². The summed E-state index contributed by atoms with van der Waals surface area (Å²) in [5, 5.41) is 8.99. The quantitative estimate of drug-likeness (QED) is 0.450. The van der Waals surface area contributed by atoms with Crippen LogP contribution in [0.5, 0.6) is 0 Å². The molecular formula is C6H9BO. The molecule has 0 fully saturated rings. The molecule has 1 aliphatic rings. The maximum atomic E-state index is 8.99. The van der Waals surface area contributed by atoms with Gasteiger partial charge in [-0.05, 0) is 19.8 Å². The van der Waals surface area contributed by atoms with Crippen molar-refractivity contribution in [2.45, 2.75) is 25.9 Å². The summed E-state index contributed by atoms with van der Waals surface area (Å²) < 4.78 is 0. The van der Waals surface area contributed by atoms with Crippen molar-refractivity contribution in [2.24, 2.45) is 0 Å². The molecule has 1 unspecified atom stereocenters. The lowest BCUT2D eigenvalue weighted by atomic mass is 9.91. The minimum atomic E-state index is -0.352. The molecule has 0 aliphatic heterocycles. The Morgan fingerprint density at radius 3 is 2.50 bits per heavy atom. The van der Waals surface area contributed by atoms with Crippen LogP contribution in [0, 0.1) is 0 Å². The molecule has 0 amide bonds. The van der Waals surface area contributed by atoms with E-state index >= 15 is 0 Å². The van der Waals surface area contributed by atoms with Crippen molar-refractivity contribution in [2.75, 3.05) is 0 Å². The molecule has 0 saturated carbocycles. The molecule has 1 N–H and O–H groups in total. The number of aliphatic hydroxyl groups is 1. The highest BCUT2D eigenvalue weighted by molar-refractivity contribution is 6.22. The van der Waals surface area contributed by atoms with E-state index in [0.29, 0.717) is 5.47 Å². The standard InChI is InChI=1S/C6H9BO/c1-4-2-3-5(8)6(4)7/h5,8H,2-3H2,1H3. The zero-order valence-corrected chi connectivity index (χ0v) is 5.02. The summed E-state index contributed by atoms with van der Waals surface area (Å²) in [5.41, 5.74) is 1.84. The molecular weight excluding hydrogens is 98.9 g/mol. The highest BCUT2D eigenvalue weighted by atomic mass is 16.3. The lowest BCUT2D eigenvalue weighted by Crippen LogP contribution is -2.03. The number of hydrogen-bond donors (Lipinski definition) is 1. The van der Waals surface area contributed by atoms with Gasteiger partial charge >= 0.3 is 0 Å². The van der Waals surface area contributed by atoms with Crippen LogP contribution in [-0.4, -0.2) is 19.1 Å². The van der Waals surface area contributed by atoms with E-state index in [9.17, 15) is 0 Å². The van der Waals surface area contributed by atoms with Gasteiger partial charge in [0.1, 0.15) is 7.85 Å². The van der Waals surface area contributed by atoms with Crippen molar-refractivity contribution < 1.29 is 5.11 Å². The van der Waals surface area contributed by atoms with Gasteiger partial charge in [0.2, 0.25) is 0 Å². The summed E-state index contributed by atoms with van der Waals surface area (Å²) in [5.74, 6) is 0. The average Bonchev–Trinajstić information content (AvgIpc) is 1.98. The fourth-order valence-electron chi connectivity index (χ4n) is 0.937. The Bertz CT molecular complexity index is 128. The third kappa shape index (κ3) is 0.803. The second-order valence-electron chi connectivity index (χ2n) is 2.29. The largest absolute Gasteiger partial charge is 0.390 e. The van der Waals surface area contributed by atoms with Crippen LogP contribution >= 0.6 is 0 Å². The van der Waals surface area contributed by atoms with E-state index in [-0.39, 0.29) is 6.10 Å². The van der Waals surface area contributed by atoms with E-state index in [2.05, 4.69) is 0 Å². The fraction of sp³-hybridized carbons (Fsp3) is 0.667. The van der Waals surface area contributed by atoms with E-state index in [1.165, 1.54) is 0 Å². The molecule has 0 saturated heterocycles. The van der Waals surface area contributed by atoms with Crippen molar-refractivity contribution in [1.82, 2.24) is 0 Å². The number of aliphatic hydroxyl groups excluding tert-OH is 1. The summed E-state index contributed by atoms with van der Waals surface area (Å²) >= 11 is 0. The first kappa shape index (κ1) is 5.89. The maximum Gasteiger partial charge on any atom is 0.111 e. The minimum Gasteiger partial charge on any atom is -0.390 e. The summed E-state index contributed by atoms with van der Waals surface area (Å²) in [6, 6.07) is 0. The van der Waals surface area contributed by atoms with Crippen LogP contribution in [0.3, 0.4) is 0 Å². The van der Waals surface area contributed by atoms with Gasteiger partial charge in [0.15, 0.2) is 0 Å². The lowest BCUT2D eigenvalue weighted by molar-refractivity contribution is 0.219. The molecule has 0 bridgehead atoms. The van der Waals surface area contributed by atoms with Gasteiger partial charge in [0.25, 0.3) is 0 Å². The molecule has 0 aromatic rings. The Labute approximate surface area is 50.8 Å². The normalized spacial score (nSPS) is 29.5. The lowest BCUT2D eigenvalue weighted by Gasteiger charge is -2.00. The van der Waals surface area contributed by atoms with Gasteiger partial charge in [0, 0.05) is 0 Å². The predicted octanol–water partition coefficient (Wildman–Crippen LogP) is 0.584. The first-order chi connectivity index (χ1) is 3.72. The molecule has 42 valence electrons. The second kappa shape index (κ2) is 1.94. The molecule has 0 spiro atoms. The Morgan fingerprint density at radius 1 is 1.75 bits per heavy atom. The summed E-state index contributed by atoms with van der Waals surface area (Å²) in [4.78, 5) is 0. The highest BCUT2D eigenvalue weighted by Crippen LogP contribution is 2.22. The monoisotopic (exact) mass is 108 g/mol. The Hall–Kier alpha value is -0.235. The zero-order chi connectivity index (χ0) is 6.15. The first-order valence-electron chi connectivity index (χ1n) is 2.85. The average molecular weight is 108 g/mol. The molecule has 1 rings (SSSR count). The van der Waals surface area contributed by atoms with Crippen LogP contribution in [0.4, 0.5) is 0 Å². The SMILES string of the molecule is [B]C1=C(C)CCC1O. The Kier molecular flexibility index (Phi) is 1.43. The van der Waals surface area contributed by atoms with Crippen molar-refractivity contribution in [1.29, 1.82) is 0 Å². The fourth-order valence-corrected chi connectivity index (χ4v) is 0.937.